The molecule has 1 aromatic carbocycles. The molecule has 1 fully saturated rings. The van der Waals surface area contributed by atoms with Crippen LogP contribution >= 0.6 is 0 Å². The highest BCUT2D eigenvalue weighted by atomic mass is 16.5. The van der Waals surface area contributed by atoms with Crippen LogP contribution in [0.2, 0.25) is 0 Å². The lowest BCUT2D eigenvalue weighted by Gasteiger charge is -2.46. The van der Waals surface area contributed by atoms with Crippen molar-refractivity contribution in [3.05, 3.63) is 46.5 Å². The van der Waals surface area contributed by atoms with E-state index in [1.54, 1.807) is 6.92 Å². The molecular weight excluding hydrogens is 300 g/mol. The van der Waals surface area contributed by atoms with Crippen molar-refractivity contribution in [1.29, 1.82) is 0 Å². The van der Waals surface area contributed by atoms with Crippen molar-refractivity contribution in [2.24, 2.45) is 17.8 Å². The lowest BCUT2D eigenvalue weighted by atomic mass is 9.58. The summed E-state index contributed by atoms with van der Waals surface area (Å²) in [7, 11) is 1.48. The number of aryl methyl sites for hydroxylation is 1. The number of carbonyl (C=O) groups excluding carboxylic acids is 2. The van der Waals surface area contributed by atoms with E-state index in [0.29, 0.717) is 18.3 Å². The summed E-state index contributed by atoms with van der Waals surface area (Å²) in [6.07, 6.45) is 4.83. The Morgan fingerprint density at radius 2 is 1.92 bits per heavy atom. The molecule has 3 aliphatic carbocycles. The zero-order valence-corrected chi connectivity index (χ0v) is 14.4. The smallest absolute Gasteiger partial charge is 0.309 e. The van der Waals surface area contributed by atoms with E-state index in [-0.39, 0.29) is 23.6 Å². The Kier molecular flexibility index (Phi) is 3.82. The topological polar surface area (TPSA) is 43.4 Å². The highest BCUT2D eigenvalue weighted by Gasteiger charge is 2.50. The molecule has 3 nitrogen and oxygen atoms in total. The maximum absolute atomic E-state index is 12.6. The minimum absolute atomic E-state index is 0.123. The van der Waals surface area contributed by atoms with Crippen LogP contribution in [0.4, 0.5) is 0 Å². The Hall–Kier alpha value is -1.90. The third kappa shape index (κ3) is 2.25. The molecule has 0 bridgehead atoms. The van der Waals surface area contributed by atoms with Gasteiger partial charge in [0.25, 0.3) is 0 Å². The Morgan fingerprint density at radius 1 is 1.12 bits per heavy atom. The Bertz CT molecular complexity index is 730. The van der Waals surface area contributed by atoms with Gasteiger partial charge in [-0.05, 0) is 67.6 Å². The predicted octanol–water partition coefficient (Wildman–Crippen LogP) is 3.82. The van der Waals surface area contributed by atoms with Crippen molar-refractivity contribution in [2.75, 3.05) is 7.11 Å². The number of methoxy groups -OCH3 is 1. The molecule has 0 heterocycles. The Morgan fingerprint density at radius 3 is 2.67 bits per heavy atom. The first-order chi connectivity index (χ1) is 11.6. The first-order valence-electron chi connectivity index (χ1n) is 9.00. The van der Waals surface area contributed by atoms with Gasteiger partial charge in [0, 0.05) is 5.92 Å². The third-order valence-electron chi connectivity index (χ3n) is 6.48. The molecule has 4 rings (SSSR count). The van der Waals surface area contributed by atoms with Crippen LogP contribution in [0, 0.1) is 17.8 Å². The predicted molar refractivity (Wildman–Crippen MR) is 91.5 cm³/mol. The van der Waals surface area contributed by atoms with Gasteiger partial charge in [0.15, 0.2) is 5.78 Å². The molecule has 0 N–H and O–H groups in total. The van der Waals surface area contributed by atoms with Crippen molar-refractivity contribution in [3.8, 4) is 0 Å². The SMILES string of the molecule is COC(=O)[C@@H]1CC2=C(C(C)=O)CC[C@H]2[C@@H]2CCc3ccccc3[C@H]21. The van der Waals surface area contributed by atoms with Gasteiger partial charge in [0.1, 0.15) is 0 Å². The summed E-state index contributed by atoms with van der Waals surface area (Å²) in [5, 5.41) is 0. The molecule has 0 unspecified atom stereocenters. The van der Waals surface area contributed by atoms with Crippen molar-refractivity contribution in [1.82, 2.24) is 0 Å². The van der Waals surface area contributed by atoms with Gasteiger partial charge in [-0.1, -0.05) is 29.8 Å². The van der Waals surface area contributed by atoms with E-state index in [2.05, 4.69) is 24.3 Å². The number of hydrogen-bond acceptors (Lipinski definition) is 3. The molecule has 0 saturated heterocycles. The molecule has 0 amide bonds. The van der Waals surface area contributed by atoms with Gasteiger partial charge in [0.2, 0.25) is 0 Å². The number of allylic oxidation sites excluding steroid dienone is 2. The summed E-state index contributed by atoms with van der Waals surface area (Å²) < 4.78 is 5.15. The maximum Gasteiger partial charge on any atom is 0.309 e. The number of Topliss-reactive ketones (excluding diaryl/α,β-unsaturated/α-hetero) is 1. The number of esters is 1. The van der Waals surface area contributed by atoms with Gasteiger partial charge in [-0.25, -0.2) is 0 Å². The van der Waals surface area contributed by atoms with Crippen LogP contribution in [0.3, 0.4) is 0 Å². The lowest BCUT2D eigenvalue weighted by molar-refractivity contribution is -0.148. The second-order valence-electron chi connectivity index (χ2n) is 7.47. The summed E-state index contributed by atoms with van der Waals surface area (Å²) in [6.45, 7) is 1.67. The van der Waals surface area contributed by atoms with E-state index in [1.807, 2.05) is 0 Å². The first-order valence-corrected chi connectivity index (χ1v) is 9.00. The standard InChI is InChI=1S/C21H24O3/c1-12(22)14-9-10-16-17-8-7-13-5-3-4-6-15(13)20(17)19(11-18(14)16)21(23)24-2/h3-6,16-17,19-20H,7-11H2,1-2H3/t16-,17-,19+,20+/m0/s1. The summed E-state index contributed by atoms with van der Waals surface area (Å²) >= 11 is 0. The molecule has 4 atom stereocenters. The molecule has 0 aliphatic heterocycles. The molecular formula is C21H24O3. The van der Waals surface area contributed by atoms with Crippen LogP contribution in [-0.2, 0) is 20.7 Å². The van der Waals surface area contributed by atoms with Gasteiger partial charge < -0.3 is 4.74 Å². The molecule has 1 aromatic rings. The largest absolute Gasteiger partial charge is 0.469 e. The molecule has 0 radical (unpaired) electrons. The number of rotatable bonds is 2. The van der Waals surface area contributed by atoms with E-state index < -0.39 is 0 Å². The molecule has 0 aromatic heterocycles. The summed E-state index contributed by atoms with van der Waals surface area (Å²) in [5.74, 6) is 1.09. The third-order valence-corrected chi connectivity index (χ3v) is 6.48. The average Bonchev–Trinajstić information content (AvgIpc) is 3.04. The second-order valence-corrected chi connectivity index (χ2v) is 7.47. The molecule has 126 valence electrons. The van der Waals surface area contributed by atoms with Crippen LogP contribution in [0.25, 0.3) is 0 Å². The van der Waals surface area contributed by atoms with Crippen molar-refractivity contribution < 1.29 is 14.3 Å². The summed E-state index contributed by atoms with van der Waals surface area (Å²) in [5.41, 5.74) is 4.97. The van der Waals surface area contributed by atoms with Crippen molar-refractivity contribution >= 4 is 11.8 Å². The molecule has 24 heavy (non-hydrogen) atoms. The van der Waals surface area contributed by atoms with Gasteiger partial charge in [0.05, 0.1) is 13.0 Å². The number of carbonyl (C=O) groups is 2. The zero-order valence-electron chi connectivity index (χ0n) is 14.4. The van der Waals surface area contributed by atoms with Crippen molar-refractivity contribution in [3.63, 3.8) is 0 Å². The fraction of sp³-hybridized carbons (Fsp3) is 0.524. The van der Waals surface area contributed by atoms with E-state index in [9.17, 15) is 9.59 Å². The minimum atomic E-state index is -0.153. The second kappa shape index (κ2) is 5.87. The van der Waals surface area contributed by atoms with Crippen LogP contribution in [0.15, 0.2) is 35.4 Å². The fourth-order valence-electron chi connectivity index (χ4n) is 5.54. The van der Waals surface area contributed by atoms with Crippen molar-refractivity contribution in [2.45, 2.75) is 44.9 Å². The number of hydrogen-bond donors (Lipinski definition) is 0. The van der Waals surface area contributed by atoms with Gasteiger partial charge >= 0.3 is 5.97 Å². The number of ether oxygens (including phenoxy) is 1. The molecule has 3 heteroatoms. The monoisotopic (exact) mass is 324 g/mol. The molecule has 0 spiro atoms. The fourth-order valence-corrected chi connectivity index (χ4v) is 5.54. The van der Waals surface area contributed by atoms with Crippen LogP contribution in [0.1, 0.15) is 49.7 Å². The number of ketones is 1. The quantitative estimate of drug-likeness (QED) is 0.777. The summed E-state index contributed by atoms with van der Waals surface area (Å²) in [6, 6.07) is 8.55. The number of fused-ring (bicyclic) bond motifs is 5. The van der Waals surface area contributed by atoms with Gasteiger partial charge in [-0.2, -0.15) is 0 Å². The van der Waals surface area contributed by atoms with Crippen LogP contribution in [-0.4, -0.2) is 18.9 Å². The van der Waals surface area contributed by atoms with E-state index in [4.69, 9.17) is 4.74 Å². The zero-order chi connectivity index (χ0) is 16.8. The number of benzene rings is 1. The van der Waals surface area contributed by atoms with Crippen LogP contribution in [0.5, 0.6) is 0 Å². The molecule has 3 aliphatic rings. The van der Waals surface area contributed by atoms with E-state index in [1.165, 1.54) is 23.8 Å². The Balaban J connectivity index is 1.82. The van der Waals surface area contributed by atoms with E-state index in [0.717, 1.165) is 31.3 Å². The van der Waals surface area contributed by atoms with Gasteiger partial charge in [-0.3, -0.25) is 9.59 Å². The normalized spacial score (nSPS) is 31.1. The highest BCUT2D eigenvalue weighted by Crippen LogP contribution is 2.57. The van der Waals surface area contributed by atoms with E-state index >= 15 is 0 Å². The lowest BCUT2D eigenvalue weighted by Crippen LogP contribution is -2.40. The first kappa shape index (κ1) is 15.6. The maximum atomic E-state index is 12.6. The summed E-state index contributed by atoms with van der Waals surface area (Å²) in [4.78, 5) is 24.6. The molecule has 1 saturated carbocycles. The highest BCUT2D eigenvalue weighted by molar-refractivity contribution is 5.95. The van der Waals surface area contributed by atoms with Crippen LogP contribution < -0.4 is 0 Å². The Labute approximate surface area is 143 Å². The average molecular weight is 324 g/mol. The van der Waals surface area contributed by atoms with Gasteiger partial charge in [-0.15, -0.1) is 0 Å². The minimum Gasteiger partial charge on any atom is -0.469 e.